The molecule has 112 valence electrons. The van der Waals surface area contributed by atoms with E-state index in [0.29, 0.717) is 0 Å². The number of carbonyl (C=O) groups excluding carboxylic acids is 2. The molecule has 0 bridgehead atoms. The summed E-state index contributed by atoms with van der Waals surface area (Å²) < 4.78 is 12.3. The van der Waals surface area contributed by atoms with Gasteiger partial charge in [-0.3, -0.25) is 9.59 Å². The average molecular weight is 353 g/mol. The smallest absolute Gasteiger partial charge is 0.316 e. The molecule has 2 heterocycles. The molecule has 0 amide bonds. The summed E-state index contributed by atoms with van der Waals surface area (Å²) >= 11 is 3.39. The van der Waals surface area contributed by atoms with E-state index in [1.807, 2.05) is 24.3 Å². The van der Waals surface area contributed by atoms with Gasteiger partial charge in [0.1, 0.15) is 10.8 Å². The second-order valence-corrected chi connectivity index (χ2v) is 7.68. The molecule has 0 aliphatic carbocycles. The number of hydrogen-bond acceptors (Lipinski definition) is 4. The molecular weight excluding hydrogens is 336 g/mol. The number of fused-ring (bicyclic) bond motifs is 1. The van der Waals surface area contributed by atoms with E-state index in [0.717, 1.165) is 10.0 Å². The SMILES string of the molecule is CC1(C)C(=O)O[C@]2(c3ccc(Br)cc3)[C@@H]1OC(=O)C2(C)C. The maximum Gasteiger partial charge on any atom is 0.316 e. The highest BCUT2D eigenvalue weighted by Gasteiger charge is 2.75. The van der Waals surface area contributed by atoms with Gasteiger partial charge in [-0.15, -0.1) is 0 Å². The van der Waals surface area contributed by atoms with E-state index in [4.69, 9.17) is 9.47 Å². The van der Waals surface area contributed by atoms with Crippen LogP contribution in [0.3, 0.4) is 0 Å². The van der Waals surface area contributed by atoms with Gasteiger partial charge in [-0.25, -0.2) is 0 Å². The van der Waals surface area contributed by atoms with E-state index in [2.05, 4.69) is 15.9 Å². The largest absolute Gasteiger partial charge is 0.456 e. The first kappa shape index (κ1) is 14.6. The monoisotopic (exact) mass is 352 g/mol. The highest BCUT2D eigenvalue weighted by Crippen LogP contribution is 2.61. The molecule has 5 heteroatoms. The third kappa shape index (κ3) is 1.61. The predicted molar refractivity (Wildman–Crippen MR) is 79.4 cm³/mol. The predicted octanol–water partition coefficient (Wildman–Crippen LogP) is 3.18. The lowest BCUT2D eigenvalue weighted by molar-refractivity contribution is -0.166. The van der Waals surface area contributed by atoms with Crippen LogP contribution in [0.15, 0.2) is 28.7 Å². The molecule has 3 rings (SSSR count). The Bertz CT molecular complexity index is 630. The molecule has 0 aromatic heterocycles. The van der Waals surface area contributed by atoms with Gasteiger partial charge in [0, 0.05) is 10.0 Å². The van der Waals surface area contributed by atoms with Gasteiger partial charge in [-0.1, -0.05) is 28.1 Å². The van der Waals surface area contributed by atoms with Crippen molar-refractivity contribution in [2.24, 2.45) is 10.8 Å². The molecule has 2 saturated heterocycles. The van der Waals surface area contributed by atoms with Gasteiger partial charge in [0.25, 0.3) is 0 Å². The van der Waals surface area contributed by atoms with Crippen molar-refractivity contribution in [1.29, 1.82) is 0 Å². The first-order chi connectivity index (χ1) is 9.64. The van der Waals surface area contributed by atoms with Crippen LogP contribution in [0, 0.1) is 10.8 Å². The van der Waals surface area contributed by atoms with Gasteiger partial charge >= 0.3 is 11.9 Å². The second-order valence-electron chi connectivity index (χ2n) is 6.76. The Morgan fingerprint density at radius 1 is 1.00 bits per heavy atom. The molecule has 2 fully saturated rings. The summed E-state index contributed by atoms with van der Waals surface area (Å²) in [4.78, 5) is 24.7. The Morgan fingerprint density at radius 3 is 2.14 bits per heavy atom. The van der Waals surface area contributed by atoms with Crippen LogP contribution in [0.5, 0.6) is 0 Å². The third-order valence-corrected chi connectivity index (χ3v) is 5.27. The third-order valence-electron chi connectivity index (χ3n) is 4.74. The zero-order chi connectivity index (χ0) is 15.6. The minimum atomic E-state index is -1.08. The van der Waals surface area contributed by atoms with Crippen molar-refractivity contribution in [2.45, 2.75) is 39.4 Å². The molecule has 1 aromatic carbocycles. The number of ether oxygens (including phenoxy) is 2. The number of benzene rings is 1. The highest BCUT2D eigenvalue weighted by molar-refractivity contribution is 9.10. The van der Waals surface area contributed by atoms with Crippen LogP contribution in [0.2, 0.25) is 0 Å². The van der Waals surface area contributed by atoms with E-state index in [1.54, 1.807) is 27.7 Å². The summed E-state index contributed by atoms with van der Waals surface area (Å²) in [6.07, 6.45) is -0.624. The molecule has 0 unspecified atom stereocenters. The van der Waals surface area contributed by atoms with Crippen LogP contribution < -0.4 is 0 Å². The molecular formula is C16H17BrO4. The lowest BCUT2D eigenvalue weighted by Gasteiger charge is -2.36. The molecule has 21 heavy (non-hydrogen) atoms. The zero-order valence-electron chi connectivity index (χ0n) is 12.4. The fraction of sp³-hybridized carbons (Fsp3) is 0.500. The summed E-state index contributed by atoms with van der Waals surface area (Å²) in [5.41, 5.74) is -2.10. The fourth-order valence-electron chi connectivity index (χ4n) is 3.31. The van der Waals surface area contributed by atoms with Gasteiger partial charge in [-0.2, -0.15) is 0 Å². The highest BCUT2D eigenvalue weighted by atomic mass is 79.9. The molecule has 2 atom stereocenters. The lowest BCUT2D eigenvalue weighted by Crippen LogP contribution is -2.47. The van der Waals surface area contributed by atoms with Crippen molar-refractivity contribution >= 4 is 27.9 Å². The van der Waals surface area contributed by atoms with E-state index in [9.17, 15) is 9.59 Å². The van der Waals surface area contributed by atoms with E-state index >= 15 is 0 Å². The second kappa shape index (κ2) is 4.09. The maximum absolute atomic E-state index is 12.3. The lowest BCUT2D eigenvalue weighted by atomic mass is 9.66. The number of hydrogen-bond donors (Lipinski definition) is 0. The summed E-state index contributed by atoms with van der Waals surface area (Å²) in [6.45, 7) is 7.06. The number of esters is 2. The molecule has 4 nitrogen and oxygen atoms in total. The van der Waals surface area contributed by atoms with Gasteiger partial charge in [0.15, 0.2) is 11.7 Å². The molecule has 2 aliphatic rings. The standard InChI is InChI=1S/C16H17BrO4/c1-14(2)11-16(21-12(14)18,15(3,4)13(19)20-11)9-5-7-10(17)8-6-9/h5-8,11H,1-4H3/t11-,16-/m1/s1. The topological polar surface area (TPSA) is 52.6 Å². The molecule has 0 saturated carbocycles. The Hall–Kier alpha value is -1.36. The molecule has 0 spiro atoms. The molecule has 0 N–H and O–H groups in total. The number of rotatable bonds is 1. The van der Waals surface area contributed by atoms with Crippen LogP contribution in [-0.4, -0.2) is 18.0 Å². The number of halogens is 1. The van der Waals surface area contributed by atoms with Gasteiger partial charge in [0.05, 0.1) is 0 Å². The van der Waals surface area contributed by atoms with Crippen molar-refractivity contribution in [1.82, 2.24) is 0 Å². The van der Waals surface area contributed by atoms with Crippen molar-refractivity contribution < 1.29 is 19.1 Å². The Kier molecular flexibility index (Phi) is 2.84. The average Bonchev–Trinajstić information content (AvgIpc) is 2.73. The van der Waals surface area contributed by atoms with Crippen LogP contribution >= 0.6 is 15.9 Å². The first-order valence-electron chi connectivity index (χ1n) is 6.84. The van der Waals surface area contributed by atoms with Crippen molar-refractivity contribution in [3.8, 4) is 0 Å². The fourth-order valence-corrected chi connectivity index (χ4v) is 3.57. The van der Waals surface area contributed by atoms with Crippen LogP contribution in [0.1, 0.15) is 33.3 Å². The van der Waals surface area contributed by atoms with Crippen molar-refractivity contribution in [3.05, 3.63) is 34.3 Å². The quantitative estimate of drug-likeness (QED) is 0.728. The van der Waals surface area contributed by atoms with Crippen molar-refractivity contribution in [3.63, 3.8) is 0 Å². The van der Waals surface area contributed by atoms with Crippen LogP contribution in [0.4, 0.5) is 0 Å². The van der Waals surface area contributed by atoms with Gasteiger partial charge in [-0.05, 0) is 39.8 Å². The van der Waals surface area contributed by atoms with Crippen LogP contribution in [-0.2, 0) is 24.7 Å². The zero-order valence-corrected chi connectivity index (χ0v) is 14.0. The van der Waals surface area contributed by atoms with E-state index < -0.39 is 22.5 Å². The number of carbonyl (C=O) groups is 2. The molecule has 1 aromatic rings. The van der Waals surface area contributed by atoms with Crippen LogP contribution in [0.25, 0.3) is 0 Å². The van der Waals surface area contributed by atoms with Gasteiger partial charge in [0.2, 0.25) is 0 Å². The minimum Gasteiger partial charge on any atom is -0.456 e. The Morgan fingerprint density at radius 2 is 1.57 bits per heavy atom. The van der Waals surface area contributed by atoms with E-state index in [1.165, 1.54) is 0 Å². The summed E-state index contributed by atoms with van der Waals surface area (Å²) in [5.74, 6) is -0.674. The van der Waals surface area contributed by atoms with Crippen molar-refractivity contribution in [2.75, 3.05) is 0 Å². The Labute approximate surface area is 131 Å². The summed E-state index contributed by atoms with van der Waals surface area (Å²) in [7, 11) is 0. The Balaban J connectivity index is 2.26. The minimum absolute atomic E-state index is 0.337. The van der Waals surface area contributed by atoms with E-state index in [-0.39, 0.29) is 11.9 Å². The van der Waals surface area contributed by atoms with Gasteiger partial charge < -0.3 is 9.47 Å². The summed E-state index contributed by atoms with van der Waals surface area (Å²) in [5, 5.41) is 0. The maximum atomic E-state index is 12.3. The first-order valence-corrected chi connectivity index (χ1v) is 7.64. The normalized spacial score (nSPS) is 32.5. The summed E-state index contributed by atoms with van der Waals surface area (Å²) in [6, 6.07) is 7.49. The molecule has 0 radical (unpaired) electrons. The molecule has 2 aliphatic heterocycles.